The van der Waals surface area contributed by atoms with Gasteiger partial charge >= 0.3 is 12.1 Å². The quantitative estimate of drug-likeness (QED) is 0.330. The number of halogens is 3. The fourth-order valence-corrected chi connectivity index (χ4v) is 5.26. The monoisotopic (exact) mass is 548 g/mol. The van der Waals surface area contributed by atoms with E-state index >= 15 is 0 Å². The molecule has 1 N–H and O–H groups in total. The van der Waals surface area contributed by atoms with E-state index in [0.717, 1.165) is 35.4 Å². The molecule has 2 heterocycles. The number of aromatic nitrogens is 2. The molecule has 0 radical (unpaired) electrons. The van der Waals surface area contributed by atoms with Gasteiger partial charge in [-0.1, -0.05) is 18.3 Å². The zero-order valence-electron chi connectivity index (χ0n) is 20.2. The van der Waals surface area contributed by atoms with Crippen LogP contribution in [0.1, 0.15) is 55.9 Å². The number of hydrogen-bond donors (Lipinski definition) is 1. The second kappa shape index (κ2) is 11.1. The lowest BCUT2D eigenvalue weighted by molar-refractivity contribution is -0.106. The summed E-state index contributed by atoms with van der Waals surface area (Å²) in [6, 6.07) is 3.28. The van der Waals surface area contributed by atoms with Crippen molar-refractivity contribution < 1.29 is 31.1 Å². The maximum absolute atomic E-state index is 12.8. The van der Waals surface area contributed by atoms with Gasteiger partial charge in [-0.25, -0.2) is 13.2 Å². The molecule has 1 aliphatic rings. The highest BCUT2D eigenvalue weighted by Gasteiger charge is 2.36. The van der Waals surface area contributed by atoms with Crippen LogP contribution in [0.5, 0.6) is 0 Å². The first kappa shape index (κ1) is 27.8. The van der Waals surface area contributed by atoms with Crippen molar-refractivity contribution in [1.29, 1.82) is 0 Å². The molecule has 1 unspecified atom stereocenters. The lowest BCUT2D eigenvalue weighted by Crippen LogP contribution is -2.38. The summed E-state index contributed by atoms with van der Waals surface area (Å²) in [6.07, 6.45) is -2.92. The largest absolute Gasteiger partial charge is 0.458 e. The summed E-state index contributed by atoms with van der Waals surface area (Å²) in [4.78, 5) is 14.1. The SMILES string of the molecule is CCCN1c2cc(NS(=O)(=O)CC(F)(F)F)c(N=Nc3nnc(C(=O)OC(C)C)s3)cc2CCC1C. The van der Waals surface area contributed by atoms with Gasteiger partial charge < -0.3 is 9.64 Å². The summed E-state index contributed by atoms with van der Waals surface area (Å²) in [5, 5.41) is 15.4. The predicted molar refractivity (Wildman–Crippen MR) is 130 cm³/mol. The highest BCUT2D eigenvalue weighted by molar-refractivity contribution is 7.92. The highest BCUT2D eigenvalue weighted by atomic mass is 32.2. The summed E-state index contributed by atoms with van der Waals surface area (Å²) < 4.78 is 70.1. The molecule has 36 heavy (non-hydrogen) atoms. The lowest BCUT2D eigenvalue weighted by atomic mass is 9.95. The van der Waals surface area contributed by atoms with Crippen LogP contribution in [0.15, 0.2) is 22.4 Å². The number of ether oxygens (including phenoxy) is 1. The molecule has 15 heteroatoms. The van der Waals surface area contributed by atoms with Crippen molar-refractivity contribution in [3.63, 3.8) is 0 Å². The van der Waals surface area contributed by atoms with Crippen LogP contribution in [0.2, 0.25) is 0 Å². The maximum atomic E-state index is 12.8. The maximum Gasteiger partial charge on any atom is 0.404 e. The number of carbonyl (C=O) groups is 1. The van der Waals surface area contributed by atoms with E-state index < -0.39 is 27.9 Å². The van der Waals surface area contributed by atoms with Crippen molar-refractivity contribution in [1.82, 2.24) is 10.2 Å². The molecule has 1 aliphatic heterocycles. The number of hydrogen-bond acceptors (Lipinski definition) is 10. The summed E-state index contributed by atoms with van der Waals surface area (Å²) in [5.41, 5.74) is 1.48. The van der Waals surface area contributed by atoms with E-state index in [1.165, 1.54) is 6.07 Å². The Morgan fingerprint density at radius 1 is 1.31 bits per heavy atom. The minimum atomic E-state index is -4.92. The first-order chi connectivity index (χ1) is 16.8. The van der Waals surface area contributed by atoms with Crippen LogP contribution < -0.4 is 9.62 Å². The van der Waals surface area contributed by atoms with Crippen LogP contribution in [0, 0.1) is 0 Å². The van der Waals surface area contributed by atoms with Gasteiger partial charge in [0.1, 0.15) is 5.69 Å². The molecule has 0 saturated heterocycles. The first-order valence-electron chi connectivity index (χ1n) is 11.2. The number of esters is 1. The van der Waals surface area contributed by atoms with E-state index in [1.807, 2.05) is 18.6 Å². The Morgan fingerprint density at radius 3 is 2.67 bits per heavy atom. The van der Waals surface area contributed by atoms with Crippen LogP contribution in [0.3, 0.4) is 0 Å². The molecule has 2 aromatic rings. The van der Waals surface area contributed by atoms with Crippen molar-refractivity contribution in [2.75, 3.05) is 21.9 Å². The second-order valence-corrected chi connectivity index (χ2v) is 11.3. The van der Waals surface area contributed by atoms with Gasteiger partial charge in [0.15, 0.2) is 5.75 Å². The molecule has 0 saturated carbocycles. The molecule has 0 aliphatic carbocycles. The predicted octanol–water partition coefficient (Wildman–Crippen LogP) is 5.37. The van der Waals surface area contributed by atoms with Gasteiger partial charge in [-0.2, -0.15) is 13.2 Å². The molecule has 1 atom stereocenters. The summed E-state index contributed by atoms with van der Waals surface area (Å²) in [7, 11) is -4.77. The van der Waals surface area contributed by atoms with Crippen LogP contribution >= 0.6 is 11.3 Å². The van der Waals surface area contributed by atoms with Crippen LogP contribution in [0.25, 0.3) is 0 Å². The Labute approximate surface area is 211 Å². The summed E-state index contributed by atoms with van der Waals surface area (Å²) >= 11 is 0.812. The molecule has 198 valence electrons. The van der Waals surface area contributed by atoms with E-state index in [4.69, 9.17) is 4.74 Å². The van der Waals surface area contributed by atoms with E-state index in [-0.39, 0.29) is 33.7 Å². The molecule has 1 aromatic carbocycles. The third kappa shape index (κ3) is 7.35. The third-order valence-electron chi connectivity index (χ3n) is 5.13. The number of nitrogens with one attached hydrogen (secondary N) is 1. The van der Waals surface area contributed by atoms with Crippen LogP contribution in [-0.4, -0.2) is 55.2 Å². The number of anilines is 2. The van der Waals surface area contributed by atoms with Crippen molar-refractivity contribution in [2.24, 2.45) is 10.2 Å². The Balaban J connectivity index is 1.99. The van der Waals surface area contributed by atoms with Gasteiger partial charge in [0.05, 0.1) is 11.8 Å². The van der Waals surface area contributed by atoms with Gasteiger partial charge in [0, 0.05) is 18.3 Å². The number of rotatable bonds is 9. The molecular weight excluding hydrogens is 521 g/mol. The van der Waals surface area contributed by atoms with Crippen LogP contribution in [0.4, 0.5) is 35.4 Å². The second-order valence-electron chi connectivity index (χ2n) is 8.60. The molecule has 0 fully saturated rings. The Bertz CT molecular complexity index is 1230. The number of fused-ring (bicyclic) bond motifs is 1. The Morgan fingerprint density at radius 2 is 2.03 bits per heavy atom. The third-order valence-corrected chi connectivity index (χ3v) is 7.15. The van der Waals surface area contributed by atoms with Crippen molar-refractivity contribution in [3.8, 4) is 0 Å². The summed E-state index contributed by atoms with van der Waals surface area (Å²) in [6.45, 7) is 8.10. The number of benzene rings is 1. The number of nitrogens with zero attached hydrogens (tertiary/aromatic N) is 5. The van der Waals surface area contributed by atoms with E-state index in [9.17, 15) is 26.4 Å². The Hall–Kier alpha value is -2.81. The van der Waals surface area contributed by atoms with Gasteiger partial charge in [-0.05, 0) is 57.7 Å². The molecule has 3 rings (SSSR count). The first-order valence-corrected chi connectivity index (χ1v) is 13.7. The minimum absolute atomic E-state index is 0.00578. The number of sulfonamides is 1. The van der Waals surface area contributed by atoms with E-state index in [2.05, 4.69) is 25.3 Å². The fraction of sp³-hybridized carbons (Fsp3) is 0.571. The number of aryl methyl sites for hydroxylation is 1. The zero-order valence-corrected chi connectivity index (χ0v) is 21.8. The topological polar surface area (TPSA) is 126 Å². The highest BCUT2D eigenvalue weighted by Crippen LogP contribution is 2.40. The van der Waals surface area contributed by atoms with Gasteiger partial charge in [0.2, 0.25) is 15.0 Å². The standard InChI is InChI=1S/C21H27F3N6O4S2/c1-5-8-30-13(4)6-7-14-9-15(16(10-17(14)30)29-36(32,33)11-21(22,23)24)25-27-20-28-26-18(35-20)19(31)34-12(2)3/h9-10,12-13,29H,5-8,11H2,1-4H3. The average molecular weight is 549 g/mol. The molecular formula is C21H27F3N6O4S2. The normalized spacial score (nSPS) is 16.4. The average Bonchev–Trinajstić information content (AvgIpc) is 3.21. The smallest absolute Gasteiger partial charge is 0.404 e. The van der Waals surface area contributed by atoms with Crippen LogP contribution in [-0.2, 0) is 21.2 Å². The molecule has 0 spiro atoms. The van der Waals surface area contributed by atoms with Crippen molar-refractivity contribution in [2.45, 2.75) is 65.3 Å². The van der Waals surface area contributed by atoms with Crippen molar-refractivity contribution in [3.05, 3.63) is 22.7 Å². The summed E-state index contributed by atoms with van der Waals surface area (Å²) in [5.74, 6) is -2.72. The minimum Gasteiger partial charge on any atom is -0.458 e. The van der Waals surface area contributed by atoms with Gasteiger partial charge in [-0.3, -0.25) is 4.72 Å². The van der Waals surface area contributed by atoms with E-state index in [1.54, 1.807) is 19.9 Å². The lowest BCUT2D eigenvalue weighted by Gasteiger charge is -2.37. The number of alkyl halides is 3. The van der Waals surface area contributed by atoms with Gasteiger partial charge in [0.25, 0.3) is 5.13 Å². The Kier molecular flexibility index (Phi) is 8.54. The fourth-order valence-electron chi connectivity index (χ4n) is 3.71. The molecule has 0 bridgehead atoms. The molecule has 10 nitrogen and oxygen atoms in total. The number of azo groups is 1. The van der Waals surface area contributed by atoms with Gasteiger partial charge in [-0.15, -0.1) is 20.4 Å². The number of carbonyl (C=O) groups excluding carboxylic acids is 1. The van der Waals surface area contributed by atoms with Crippen molar-refractivity contribution >= 4 is 49.5 Å². The zero-order chi connectivity index (χ0) is 26.7. The molecule has 1 aromatic heterocycles. The van der Waals surface area contributed by atoms with E-state index in [0.29, 0.717) is 13.0 Å². The molecule has 0 amide bonds.